The number of fused-ring (bicyclic) bond motifs is 2. The van der Waals surface area contributed by atoms with E-state index in [1.165, 1.54) is 32.8 Å². The molecule has 3 unspecified atom stereocenters. The van der Waals surface area contributed by atoms with E-state index in [1.54, 1.807) is 0 Å². The van der Waals surface area contributed by atoms with Crippen molar-refractivity contribution in [1.82, 2.24) is 10.1 Å². The largest absolute Gasteiger partial charge is 0.377 e. The summed E-state index contributed by atoms with van der Waals surface area (Å²) in [6, 6.07) is 0. The van der Waals surface area contributed by atoms with Gasteiger partial charge in [0.1, 0.15) is 6.61 Å². The van der Waals surface area contributed by atoms with E-state index in [2.05, 4.69) is 10.1 Å². The molecule has 0 N–H and O–H groups in total. The van der Waals surface area contributed by atoms with Crippen LogP contribution in [0.15, 0.2) is 4.52 Å². The maximum Gasteiger partial charge on any atom is 0.234 e. The molecule has 3 atom stereocenters. The van der Waals surface area contributed by atoms with Gasteiger partial charge >= 0.3 is 0 Å². The third-order valence-electron chi connectivity index (χ3n) is 4.21. The van der Waals surface area contributed by atoms with E-state index in [0.29, 0.717) is 11.8 Å². The first-order valence-corrected chi connectivity index (χ1v) is 6.59. The molecular weight excluding hydrogens is 232 g/mol. The number of hydrogen-bond acceptors (Lipinski definition) is 5. The molecule has 0 aliphatic heterocycles. The van der Waals surface area contributed by atoms with Gasteiger partial charge in [0.05, 0.1) is 6.42 Å². The highest BCUT2D eigenvalue weighted by Gasteiger charge is 2.42. The summed E-state index contributed by atoms with van der Waals surface area (Å²) >= 11 is 0. The predicted octanol–water partition coefficient (Wildman–Crippen LogP) is 1.73. The molecular formula is C13H18N2O3. The average Bonchev–Trinajstić information content (AvgIpc) is 3.03. The molecule has 2 saturated carbocycles. The number of methoxy groups -OCH3 is 1. The van der Waals surface area contributed by atoms with Crippen LogP contribution < -0.4 is 0 Å². The van der Waals surface area contributed by atoms with Crippen molar-refractivity contribution in [3.05, 3.63) is 11.7 Å². The van der Waals surface area contributed by atoms with Crippen LogP contribution in [0, 0.1) is 11.8 Å². The van der Waals surface area contributed by atoms with Crippen molar-refractivity contribution in [3.8, 4) is 0 Å². The van der Waals surface area contributed by atoms with E-state index in [1.807, 2.05) is 0 Å². The minimum absolute atomic E-state index is 0.0272. The van der Waals surface area contributed by atoms with Crippen molar-refractivity contribution in [3.63, 3.8) is 0 Å². The van der Waals surface area contributed by atoms with Crippen LogP contribution in [0.4, 0.5) is 0 Å². The Balaban J connectivity index is 1.65. The number of nitrogens with zero attached hydrogens (tertiary/aromatic N) is 2. The Kier molecular flexibility index (Phi) is 3.16. The van der Waals surface area contributed by atoms with Crippen molar-refractivity contribution in [2.24, 2.45) is 11.8 Å². The first-order chi connectivity index (χ1) is 8.76. The van der Waals surface area contributed by atoms with Crippen LogP contribution in [0.1, 0.15) is 43.3 Å². The third-order valence-corrected chi connectivity index (χ3v) is 4.21. The highest BCUT2D eigenvalue weighted by Crippen LogP contribution is 2.52. The van der Waals surface area contributed by atoms with Gasteiger partial charge in [-0.25, -0.2) is 0 Å². The Morgan fingerprint density at radius 3 is 3.00 bits per heavy atom. The summed E-state index contributed by atoms with van der Waals surface area (Å²) in [5, 5.41) is 4.05. The van der Waals surface area contributed by atoms with E-state index < -0.39 is 0 Å². The van der Waals surface area contributed by atoms with Gasteiger partial charge in [0, 0.05) is 13.0 Å². The first-order valence-electron chi connectivity index (χ1n) is 6.59. The molecule has 2 fully saturated rings. The Labute approximate surface area is 106 Å². The van der Waals surface area contributed by atoms with Crippen molar-refractivity contribution in [2.75, 3.05) is 13.7 Å². The molecule has 1 heterocycles. The zero-order chi connectivity index (χ0) is 12.5. The Morgan fingerprint density at radius 1 is 1.44 bits per heavy atom. The van der Waals surface area contributed by atoms with Gasteiger partial charge in [0.2, 0.25) is 5.89 Å². The number of rotatable bonds is 5. The van der Waals surface area contributed by atoms with Gasteiger partial charge < -0.3 is 9.26 Å². The molecule has 5 nitrogen and oxygen atoms in total. The fraction of sp³-hybridized carbons (Fsp3) is 0.769. The van der Waals surface area contributed by atoms with Crippen molar-refractivity contribution >= 4 is 5.78 Å². The normalized spacial score (nSPS) is 29.9. The summed E-state index contributed by atoms with van der Waals surface area (Å²) in [5.41, 5.74) is 0. The zero-order valence-corrected chi connectivity index (χ0v) is 10.6. The lowest BCUT2D eigenvalue weighted by molar-refractivity contribution is -0.122. The third kappa shape index (κ3) is 2.19. The van der Waals surface area contributed by atoms with Gasteiger partial charge in [-0.05, 0) is 31.1 Å². The lowest BCUT2D eigenvalue weighted by atomic mass is 9.88. The number of ether oxygens (including phenoxy) is 1. The number of Topliss-reactive ketones (excluding diaryl/α,β-unsaturated/α-hetero) is 1. The second-order valence-electron chi connectivity index (χ2n) is 5.48. The minimum Gasteiger partial charge on any atom is -0.377 e. The molecule has 0 aromatic carbocycles. The molecule has 2 aliphatic carbocycles. The van der Waals surface area contributed by atoms with Gasteiger partial charge in [-0.2, -0.15) is 4.98 Å². The highest BCUT2D eigenvalue weighted by atomic mass is 16.5. The highest BCUT2D eigenvalue weighted by molar-refractivity contribution is 5.81. The summed E-state index contributed by atoms with van der Waals surface area (Å²) in [6.45, 7) is 0.103. The number of aromatic nitrogens is 2. The van der Waals surface area contributed by atoms with Gasteiger partial charge in [-0.3, -0.25) is 4.79 Å². The Bertz CT molecular complexity index is 443. The minimum atomic E-state index is -0.0272. The molecule has 2 aliphatic rings. The van der Waals surface area contributed by atoms with Crippen LogP contribution >= 0.6 is 0 Å². The monoisotopic (exact) mass is 250 g/mol. The summed E-state index contributed by atoms with van der Waals surface area (Å²) in [4.78, 5) is 15.8. The lowest BCUT2D eigenvalue weighted by Crippen LogP contribution is -2.11. The zero-order valence-electron chi connectivity index (χ0n) is 10.6. The number of ketones is 1. The second-order valence-corrected chi connectivity index (χ2v) is 5.48. The topological polar surface area (TPSA) is 65.2 Å². The maximum absolute atomic E-state index is 11.4. The maximum atomic E-state index is 11.4. The second kappa shape index (κ2) is 4.80. The number of hydrogen-bond donors (Lipinski definition) is 0. The van der Waals surface area contributed by atoms with Crippen LogP contribution in [0.5, 0.6) is 0 Å². The number of carbonyl (C=O) groups excluding carboxylic acids is 1. The molecule has 18 heavy (non-hydrogen) atoms. The molecule has 0 radical (unpaired) electrons. The van der Waals surface area contributed by atoms with Crippen molar-refractivity contribution in [2.45, 2.75) is 38.0 Å². The molecule has 0 spiro atoms. The molecule has 5 heteroatoms. The number of carbonyl (C=O) groups is 1. The Hall–Kier alpha value is -1.23. The molecule has 0 amide bonds. The Morgan fingerprint density at radius 2 is 2.33 bits per heavy atom. The molecule has 98 valence electrons. The van der Waals surface area contributed by atoms with Crippen molar-refractivity contribution in [1.29, 1.82) is 0 Å². The van der Waals surface area contributed by atoms with Gasteiger partial charge in [-0.15, -0.1) is 0 Å². The summed E-state index contributed by atoms with van der Waals surface area (Å²) < 4.78 is 9.95. The molecule has 2 bridgehead atoms. The van der Waals surface area contributed by atoms with Crippen LogP contribution in [0.3, 0.4) is 0 Å². The van der Waals surface area contributed by atoms with Crippen LogP contribution in [-0.2, 0) is 16.0 Å². The van der Waals surface area contributed by atoms with Gasteiger partial charge in [-0.1, -0.05) is 11.6 Å². The van der Waals surface area contributed by atoms with E-state index in [-0.39, 0.29) is 18.8 Å². The van der Waals surface area contributed by atoms with Crippen molar-refractivity contribution < 1.29 is 14.1 Å². The van der Waals surface area contributed by atoms with Gasteiger partial charge in [0.25, 0.3) is 0 Å². The summed E-state index contributed by atoms with van der Waals surface area (Å²) in [5.74, 6) is 3.25. The lowest BCUT2D eigenvalue weighted by Gasteiger charge is -2.17. The average molecular weight is 250 g/mol. The van der Waals surface area contributed by atoms with Gasteiger partial charge in [0.15, 0.2) is 11.6 Å². The SMILES string of the molecule is COCC(=O)Cc1nc(C2CC3CCC2C3)no1. The molecule has 3 rings (SSSR count). The van der Waals surface area contributed by atoms with E-state index in [0.717, 1.165) is 17.7 Å². The van der Waals surface area contributed by atoms with Crippen LogP contribution in [-0.4, -0.2) is 29.6 Å². The smallest absolute Gasteiger partial charge is 0.234 e. The fourth-order valence-corrected chi connectivity index (χ4v) is 3.43. The predicted molar refractivity (Wildman–Crippen MR) is 63.1 cm³/mol. The fourth-order valence-electron chi connectivity index (χ4n) is 3.43. The molecule has 1 aromatic heterocycles. The standard InChI is InChI=1S/C13H18N2O3/c1-17-7-10(16)6-12-14-13(15-18-12)11-5-8-2-3-9(11)4-8/h8-9,11H,2-7H2,1H3. The van der Waals surface area contributed by atoms with Crippen LogP contribution in [0.2, 0.25) is 0 Å². The molecule has 1 aromatic rings. The van der Waals surface area contributed by atoms with Crippen LogP contribution in [0.25, 0.3) is 0 Å². The van der Waals surface area contributed by atoms with E-state index in [4.69, 9.17) is 9.26 Å². The van der Waals surface area contributed by atoms with E-state index in [9.17, 15) is 4.79 Å². The summed E-state index contributed by atoms with van der Waals surface area (Å²) in [7, 11) is 1.51. The first kappa shape index (κ1) is 11.8. The van der Waals surface area contributed by atoms with E-state index >= 15 is 0 Å². The summed E-state index contributed by atoms with van der Waals surface area (Å²) in [6.07, 6.45) is 5.34. The molecule has 0 saturated heterocycles. The quantitative estimate of drug-likeness (QED) is 0.796.